The van der Waals surface area contributed by atoms with Crippen molar-refractivity contribution < 1.29 is 14.3 Å². The highest BCUT2D eigenvalue weighted by Crippen LogP contribution is 2.28. The number of methoxy groups -OCH3 is 2. The van der Waals surface area contributed by atoms with Crippen molar-refractivity contribution in [2.45, 2.75) is 0 Å². The number of amides is 1. The highest BCUT2D eigenvalue weighted by molar-refractivity contribution is 6.06. The molecule has 0 fully saturated rings. The summed E-state index contributed by atoms with van der Waals surface area (Å²) in [5.41, 5.74) is 0.172. The van der Waals surface area contributed by atoms with E-state index in [4.69, 9.17) is 9.47 Å². The number of fused-ring (bicyclic) bond motifs is 1. The first-order chi connectivity index (χ1) is 13.9. The van der Waals surface area contributed by atoms with E-state index < -0.39 is 17.2 Å². The third-order valence-corrected chi connectivity index (χ3v) is 4.43. The second-order valence-electron chi connectivity index (χ2n) is 6.20. The lowest BCUT2D eigenvalue weighted by Gasteiger charge is -2.10. The van der Waals surface area contributed by atoms with Gasteiger partial charge in [-0.2, -0.15) is 0 Å². The maximum Gasteiger partial charge on any atom is 0.332 e. The Hall–Kier alpha value is -3.88. The minimum Gasteiger partial charge on any atom is -0.493 e. The summed E-state index contributed by atoms with van der Waals surface area (Å²) in [5, 5.41) is 2.83. The molecule has 0 radical (unpaired) electrons. The Kier molecular flexibility index (Phi) is 5.49. The van der Waals surface area contributed by atoms with Crippen molar-refractivity contribution in [3.63, 3.8) is 0 Å². The number of hydrogen-bond donors (Lipinski definition) is 1. The van der Waals surface area contributed by atoms with Gasteiger partial charge in [-0.25, -0.2) is 9.78 Å². The Morgan fingerprint density at radius 1 is 1.07 bits per heavy atom. The van der Waals surface area contributed by atoms with E-state index in [1.807, 2.05) is 0 Å². The normalized spacial score (nSPS) is 11.0. The van der Waals surface area contributed by atoms with Gasteiger partial charge < -0.3 is 14.8 Å². The van der Waals surface area contributed by atoms with Crippen molar-refractivity contribution in [1.82, 2.24) is 14.1 Å². The number of carbonyl (C=O) groups is 1. The summed E-state index contributed by atoms with van der Waals surface area (Å²) < 4.78 is 12.7. The van der Waals surface area contributed by atoms with Gasteiger partial charge in [-0.05, 0) is 29.8 Å². The van der Waals surface area contributed by atoms with Crippen molar-refractivity contribution in [2.24, 2.45) is 14.1 Å². The number of benzene rings is 1. The van der Waals surface area contributed by atoms with Gasteiger partial charge in [0.25, 0.3) is 5.56 Å². The Morgan fingerprint density at radius 3 is 2.48 bits per heavy atom. The maximum atomic E-state index is 12.5. The maximum absolute atomic E-state index is 12.5. The number of ether oxygens (including phenoxy) is 2. The van der Waals surface area contributed by atoms with Crippen molar-refractivity contribution in [3.8, 4) is 11.5 Å². The lowest BCUT2D eigenvalue weighted by molar-refractivity contribution is -0.111. The number of pyridine rings is 1. The zero-order valence-corrected chi connectivity index (χ0v) is 16.4. The van der Waals surface area contributed by atoms with E-state index in [-0.39, 0.29) is 16.7 Å². The lowest BCUT2D eigenvalue weighted by atomic mass is 10.2. The van der Waals surface area contributed by atoms with Crippen LogP contribution in [0.5, 0.6) is 11.5 Å². The zero-order valence-electron chi connectivity index (χ0n) is 16.4. The fraction of sp³-hybridized carbons (Fsp3) is 0.200. The number of rotatable bonds is 5. The molecule has 0 saturated heterocycles. The number of hydrogen-bond acceptors (Lipinski definition) is 6. The minimum absolute atomic E-state index is 0.157. The van der Waals surface area contributed by atoms with E-state index in [9.17, 15) is 14.4 Å². The van der Waals surface area contributed by atoms with Crippen LogP contribution in [0.2, 0.25) is 0 Å². The molecular weight excluding hydrogens is 376 g/mol. The molecule has 3 aromatic rings. The summed E-state index contributed by atoms with van der Waals surface area (Å²) in [6, 6.07) is 6.75. The smallest absolute Gasteiger partial charge is 0.332 e. The van der Waals surface area contributed by atoms with E-state index in [0.717, 1.165) is 10.1 Å². The van der Waals surface area contributed by atoms with Crippen molar-refractivity contribution >= 4 is 28.7 Å². The van der Waals surface area contributed by atoms with E-state index in [1.54, 1.807) is 31.4 Å². The molecule has 9 heteroatoms. The molecule has 0 unspecified atom stereocenters. The average molecular weight is 396 g/mol. The molecular formula is C20H20N4O5. The molecule has 0 atom stereocenters. The van der Waals surface area contributed by atoms with Gasteiger partial charge in [-0.3, -0.25) is 18.7 Å². The van der Waals surface area contributed by atoms with Crippen LogP contribution in [0.15, 0.2) is 46.1 Å². The topological polar surface area (TPSA) is 104 Å². The number of anilines is 1. The van der Waals surface area contributed by atoms with Gasteiger partial charge in [0.05, 0.1) is 19.9 Å². The van der Waals surface area contributed by atoms with E-state index >= 15 is 0 Å². The predicted molar refractivity (Wildman–Crippen MR) is 109 cm³/mol. The van der Waals surface area contributed by atoms with Gasteiger partial charge in [-0.15, -0.1) is 0 Å². The molecule has 150 valence electrons. The molecule has 0 aliphatic heterocycles. The van der Waals surface area contributed by atoms with Crippen LogP contribution >= 0.6 is 0 Å². The Labute approximate surface area is 165 Å². The minimum atomic E-state index is -0.532. The largest absolute Gasteiger partial charge is 0.493 e. The van der Waals surface area contributed by atoms with Crippen molar-refractivity contribution in [3.05, 3.63) is 62.9 Å². The molecule has 0 bridgehead atoms. The second kappa shape index (κ2) is 8.01. The van der Waals surface area contributed by atoms with Gasteiger partial charge in [0.2, 0.25) is 5.91 Å². The summed E-state index contributed by atoms with van der Waals surface area (Å²) in [7, 11) is 5.96. The van der Waals surface area contributed by atoms with Crippen molar-refractivity contribution in [2.75, 3.05) is 19.5 Å². The molecule has 2 heterocycles. The molecule has 1 N–H and O–H groups in total. The number of nitrogens with one attached hydrogen (secondary N) is 1. The fourth-order valence-electron chi connectivity index (χ4n) is 2.89. The highest BCUT2D eigenvalue weighted by atomic mass is 16.5. The van der Waals surface area contributed by atoms with Gasteiger partial charge in [0.1, 0.15) is 5.39 Å². The Bertz CT molecular complexity index is 1240. The van der Waals surface area contributed by atoms with Crippen LogP contribution in [0.4, 0.5) is 5.69 Å². The number of nitrogens with zero attached hydrogens (tertiary/aromatic N) is 3. The number of aryl methyl sites for hydroxylation is 1. The average Bonchev–Trinajstić information content (AvgIpc) is 2.74. The predicted octanol–water partition coefficient (Wildman–Crippen LogP) is 1.30. The lowest BCUT2D eigenvalue weighted by Crippen LogP contribution is -2.37. The number of carbonyl (C=O) groups excluding carboxylic acids is 1. The fourth-order valence-corrected chi connectivity index (χ4v) is 2.89. The van der Waals surface area contributed by atoms with Gasteiger partial charge in [0.15, 0.2) is 17.1 Å². The quantitative estimate of drug-likeness (QED) is 0.652. The summed E-state index contributed by atoms with van der Waals surface area (Å²) in [4.78, 5) is 41.1. The first-order valence-electron chi connectivity index (χ1n) is 8.63. The molecule has 1 amide bonds. The summed E-state index contributed by atoms with van der Waals surface area (Å²) in [6.07, 6.45) is 4.36. The zero-order chi connectivity index (χ0) is 21.1. The highest BCUT2D eigenvalue weighted by Gasteiger charge is 2.14. The molecule has 0 spiro atoms. The molecule has 3 rings (SSSR count). The van der Waals surface area contributed by atoms with Crippen molar-refractivity contribution in [1.29, 1.82) is 0 Å². The first-order valence-corrected chi connectivity index (χ1v) is 8.63. The third kappa shape index (κ3) is 3.75. The summed E-state index contributed by atoms with van der Waals surface area (Å²) in [5.74, 6) is 0.682. The van der Waals surface area contributed by atoms with Crippen LogP contribution in [0.3, 0.4) is 0 Å². The molecule has 0 aliphatic rings. The number of aromatic nitrogens is 3. The van der Waals surface area contributed by atoms with Crippen LogP contribution in [0, 0.1) is 0 Å². The van der Waals surface area contributed by atoms with Crippen LogP contribution < -0.4 is 26.0 Å². The third-order valence-electron chi connectivity index (χ3n) is 4.43. The Balaban J connectivity index is 1.92. The summed E-state index contributed by atoms with van der Waals surface area (Å²) >= 11 is 0. The van der Waals surface area contributed by atoms with Crippen LogP contribution in [0.1, 0.15) is 5.56 Å². The molecule has 0 saturated carbocycles. The van der Waals surface area contributed by atoms with E-state index in [1.165, 1.54) is 44.1 Å². The van der Waals surface area contributed by atoms with Crippen LogP contribution in [0.25, 0.3) is 17.1 Å². The molecule has 0 aliphatic carbocycles. The van der Waals surface area contributed by atoms with Gasteiger partial charge in [-0.1, -0.05) is 6.07 Å². The standard InChI is InChI=1S/C20H20N4O5/c1-23-18-17(19(26)24(2)20(23)27)13(9-10-21-18)22-16(25)8-6-12-5-7-14(28-3)15(11-12)29-4/h5-11H,1-4H3,(H,21,22,25)/b8-6-. The molecule has 9 nitrogen and oxygen atoms in total. The van der Waals surface area contributed by atoms with E-state index in [0.29, 0.717) is 11.5 Å². The van der Waals surface area contributed by atoms with Gasteiger partial charge in [0, 0.05) is 26.4 Å². The van der Waals surface area contributed by atoms with Crippen LogP contribution in [-0.4, -0.2) is 34.2 Å². The summed E-state index contributed by atoms with van der Waals surface area (Å²) in [6.45, 7) is 0. The molecule has 2 aromatic heterocycles. The molecule has 1 aromatic carbocycles. The monoisotopic (exact) mass is 396 g/mol. The second-order valence-corrected chi connectivity index (χ2v) is 6.20. The van der Waals surface area contributed by atoms with Gasteiger partial charge >= 0.3 is 5.69 Å². The first kappa shape index (κ1) is 19.9. The SMILES string of the molecule is COc1ccc(/C=C\C(=O)Nc2ccnc3c2c(=O)n(C)c(=O)n3C)cc1OC. The Morgan fingerprint density at radius 2 is 1.79 bits per heavy atom. The molecule has 29 heavy (non-hydrogen) atoms. The van der Waals surface area contributed by atoms with Crippen LogP contribution in [-0.2, 0) is 18.9 Å². The van der Waals surface area contributed by atoms with E-state index in [2.05, 4.69) is 10.3 Å².